The minimum atomic E-state index is -0.300. The summed E-state index contributed by atoms with van der Waals surface area (Å²) in [4.78, 5) is 25.8. The zero-order chi connectivity index (χ0) is 18.4. The summed E-state index contributed by atoms with van der Waals surface area (Å²) in [5.41, 5.74) is 2.20. The minimum Gasteiger partial charge on any atom is -0.497 e. The molecule has 6 heteroatoms. The number of hydrogen-bond donors (Lipinski definition) is 1. The number of aryl methyl sites for hydroxylation is 1. The Morgan fingerprint density at radius 1 is 1.08 bits per heavy atom. The fourth-order valence-corrected chi connectivity index (χ4v) is 2.44. The predicted octanol–water partition coefficient (Wildman–Crippen LogP) is 3.00. The first-order valence-corrected chi connectivity index (χ1v) is 7.81. The van der Waals surface area contributed by atoms with Crippen LogP contribution in [0.15, 0.2) is 42.5 Å². The molecule has 0 saturated carbocycles. The van der Waals surface area contributed by atoms with Gasteiger partial charge in [0.1, 0.15) is 18.0 Å². The van der Waals surface area contributed by atoms with Crippen LogP contribution in [0.3, 0.4) is 0 Å². The second-order valence-electron chi connectivity index (χ2n) is 5.56. The summed E-state index contributed by atoms with van der Waals surface area (Å²) in [6.07, 6.45) is 0. The molecule has 0 bridgehead atoms. The number of amides is 2. The fourth-order valence-electron chi connectivity index (χ4n) is 2.44. The lowest BCUT2D eigenvalue weighted by Crippen LogP contribution is -2.37. The van der Waals surface area contributed by atoms with Gasteiger partial charge in [0.15, 0.2) is 0 Å². The number of carbonyl (C=O) groups excluding carboxylic acids is 2. The molecule has 0 radical (unpaired) electrons. The van der Waals surface area contributed by atoms with E-state index in [1.54, 1.807) is 24.3 Å². The Morgan fingerprint density at radius 2 is 1.84 bits per heavy atom. The number of nitrogens with one attached hydrogen (secondary N) is 1. The van der Waals surface area contributed by atoms with E-state index in [9.17, 15) is 9.59 Å². The van der Waals surface area contributed by atoms with Crippen molar-refractivity contribution < 1.29 is 19.1 Å². The third-order valence-electron chi connectivity index (χ3n) is 3.66. The van der Waals surface area contributed by atoms with Gasteiger partial charge in [-0.15, -0.1) is 0 Å². The predicted molar refractivity (Wildman–Crippen MR) is 97.4 cm³/mol. The van der Waals surface area contributed by atoms with Gasteiger partial charge in [-0.1, -0.05) is 12.1 Å². The standard InChI is InChI=1S/C19H22N2O4/c1-13-6-5-7-15(10-13)20-19(23)12-21(14(2)22)17-11-16(24-3)8-9-18(17)25-4/h5-11H,12H2,1-4H3,(H,20,23). The minimum absolute atomic E-state index is 0.132. The Hall–Kier alpha value is -3.02. The molecule has 0 aliphatic rings. The van der Waals surface area contributed by atoms with Crippen molar-refractivity contribution >= 4 is 23.2 Å². The van der Waals surface area contributed by atoms with Crippen LogP contribution in [0.1, 0.15) is 12.5 Å². The third-order valence-corrected chi connectivity index (χ3v) is 3.66. The van der Waals surface area contributed by atoms with Crippen molar-refractivity contribution in [2.75, 3.05) is 31.0 Å². The van der Waals surface area contributed by atoms with Gasteiger partial charge in [-0.2, -0.15) is 0 Å². The smallest absolute Gasteiger partial charge is 0.244 e. The number of benzene rings is 2. The molecule has 6 nitrogen and oxygen atoms in total. The number of ether oxygens (including phenoxy) is 2. The SMILES string of the molecule is COc1ccc(OC)c(N(CC(=O)Nc2cccc(C)c2)C(C)=O)c1. The molecule has 0 aromatic heterocycles. The maximum Gasteiger partial charge on any atom is 0.244 e. The molecule has 0 fully saturated rings. The van der Waals surface area contributed by atoms with Crippen molar-refractivity contribution in [2.45, 2.75) is 13.8 Å². The maximum atomic E-state index is 12.4. The van der Waals surface area contributed by atoms with E-state index in [0.717, 1.165) is 5.56 Å². The molecular weight excluding hydrogens is 320 g/mol. The van der Waals surface area contributed by atoms with Crippen LogP contribution in [0.25, 0.3) is 0 Å². The quantitative estimate of drug-likeness (QED) is 0.876. The summed E-state index contributed by atoms with van der Waals surface area (Å²) < 4.78 is 10.5. The molecule has 132 valence electrons. The lowest BCUT2D eigenvalue weighted by molar-refractivity contribution is -0.120. The van der Waals surface area contributed by atoms with E-state index in [1.807, 2.05) is 25.1 Å². The molecule has 0 aliphatic carbocycles. The number of methoxy groups -OCH3 is 2. The van der Waals surface area contributed by atoms with Crippen molar-refractivity contribution in [3.05, 3.63) is 48.0 Å². The molecule has 2 rings (SSSR count). The number of rotatable bonds is 6. The molecule has 25 heavy (non-hydrogen) atoms. The Labute approximate surface area is 147 Å². The van der Waals surface area contributed by atoms with Crippen molar-refractivity contribution in [1.82, 2.24) is 0 Å². The average molecular weight is 342 g/mol. The molecule has 2 aromatic rings. The summed E-state index contributed by atoms with van der Waals surface area (Å²) in [6.45, 7) is 3.21. The van der Waals surface area contributed by atoms with Crippen molar-refractivity contribution in [3.63, 3.8) is 0 Å². The molecule has 0 spiro atoms. The molecule has 0 saturated heterocycles. The highest BCUT2D eigenvalue weighted by molar-refractivity contribution is 6.02. The Balaban J connectivity index is 2.24. The average Bonchev–Trinajstić information content (AvgIpc) is 2.59. The molecular formula is C19H22N2O4. The van der Waals surface area contributed by atoms with E-state index in [-0.39, 0.29) is 18.4 Å². The number of anilines is 2. The van der Waals surface area contributed by atoms with Gasteiger partial charge in [0.25, 0.3) is 0 Å². The van der Waals surface area contributed by atoms with E-state index in [2.05, 4.69) is 5.32 Å². The summed E-state index contributed by atoms with van der Waals surface area (Å²) in [6, 6.07) is 12.6. The fraction of sp³-hybridized carbons (Fsp3) is 0.263. The van der Waals surface area contributed by atoms with E-state index < -0.39 is 0 Å². The van der Waals surface area contributed by atoms with Gasteiger partial charge in [-0.05, 0) is 36.8 Å². The van der Waals surface area contributed by atoms with Crippen molar-refractivity contribution in [3.8, 4) is 11.5 Å². The Bertz CT molecular complexity index is 774. The number of hydrogen-bond acceptors (Lipinski definition) is 4. The van der Waals surface area contributed by atoms with Gasteiger partial charge in [0.2, 0.25) is 11.8 Å². The second-order valence-corrected chi connectivity index (χ2v) is 5.56. The van der Waals surface area contributed by atoms with Crippen LogP contribution >= 0.6 is 0 Å². The Morgan fingerprint density at radius 3 is 2.44 bits per heavy atom. The molecule has 0 atom stereocenters. The van der Waals surface area contributed by atoms with Crippen LogP contribution < -0.4 is 19.7 Å². The highest BCUT2D eigenvalue weighted by atomic mass is 16.5. The largest absolute Gasteiger partial charge is 0.497 e. The van der Waals surface area contributed by atoms with Crippen LogP contribution in [0.5, 0.6) is 11.5 Å². The van der Waals surface area contributed by atoms with Crippen LogP contribution in [-0.2, 0) is 9.59 Å². The van der Waals surface area contributed by atoms with E-state index >= 15 is 0 Å². The summed E-state index contributed by atoms with van der Waals surface area (Å²) in [7, 11) is 3.05. The first-order valence-electron chi connectivity index (χ1n) is 7.81. The van der Waals surface area contributed by atoms with Gasteiger partial charge >= 0.3 is 0 Å². The summed E-state index contributed by atoms with van der Waals surface area (Å²) in [5.74, 6) is 0.483. The monoisotopic (exact) mass is 342 g/mol. The summed E-state index contributed by atoms with van der Waals surface area (Å²) >= 11 is 0. The molecule has 0 aliphatic heterocycles. The number of nitrogens with zero attached hydrogens (tertiary/aromatic N) is 1. The maximum absolute atomic E-state index is 12.4. The van der Waals surface area contributed by atoms with Crippen LogP contribution in [0, 0.1) is 6.92 Å². The lowest BCUT2D eigenvalue weighted by atomic mass is 10.2. The Kier molecular flexibility index (Phi) is 6.00. The van der Waals surface area contributed by atoms with Crippen LogP contribution in [0.4, 0.5) is 11.4 Å². The van der Waals surface area contributed by atoms with E-state index in [4.69, 9.17) is 9.47 Å². The highest BCUT2D eigenvalue weighted by Gasteiger charge is 2.20. The first-order chi connectivity index (χ1) is 11.9. The van der Waals surface area contributed by atoms with E-state index in [0.29, 0.717) is 22.9 Å². The first kappa shape index (κ1) is 18.3. The van der Waals surface area contributed by atoms with Gasteiger partial charge in [-0.3, -0.25) is 14.5 Å². The van der Waals surface area contributed by atoms with Gasteiger partial charge in [-0.25, -0.2) is 0 Å². The highest BCUT2D eigenvalue weighted by Crippen LogP contribution is 2.32. The number of carbonyl (C=O) groups is 2. The van der Waals surface area contributed by atoms with Crippen LogP contribution in [-0.4, -0.2) is 32.6 Å². The molecule has 1 N–H and O–H groups in total. The van der Waals surface area contributed by atoms with Gasteiger partial charge in [0.05, 0.1) is 19.9 Å². The van der Waals surface area contributed by atoms with E-state index in [1.165, 1.54) is 26.0 Å². The molecule has 0 unspecified atom stereocenters. The van der Waals surface area contributed by atoms with Crippen molar-refractivity contribution in [2.24, 2.45) is 0 Å². The second kappa shape index (κ2) is 8.19. The summed E-state index contributed by atoms with van der Waals surface area (Å²) in [5, 5.41) is 2.80. The third kappa shape index (κ3) is 4.73. The molecule has 2 amide bonds. The van der Waals surface area contributed by atoms with Gasteiger partial charge < -0.3 is 14.8 Å². The molecule has 2 aromatic carbocycles. The van der Waals surface area contributed by atoms with Crippen LogP contribution in [0.2, 0.25) is 0 Å². The lowest BCUT2D eigenvalue weighted by Gasteiger charge is -2.23. The van der Waals surface area contributed by atoms with Crippen molar-refractivity contribution in [1.29, 1.82) is 0 Å². The molecule has 0 heterocycles. The van der Waals surface area contributed by atoms with Gasteiger partial charge in [0, 0.05) is 18.7 Å². The topological polar surface area (TPSA) is 67.9 Å². The normalized spacial score (nSPS) is 10.1. The zero-order valence-corrected chi connectivity index (χ0v) is 14.8. The zero-order valence-electron chi connectivity index (χ0n) is 14.8.